The van der Waals surface area contributed by atoms with Gasteiger partial charge in [0.25, 0.3) is 22.2 Å². The maximum atomic E-state index is 13.7. The second-order valence-electron chi connectivity index (χ2n) is 17.4. The molecule has 0 radical (unpaired) electrons. The number of rotatable bonds is 27. The highest BCUT2D eigenvalue weighted by atomic mass is 16.2. The van der Waals surface area contributed by atoms with Crippen molar-refractivity contribution in [1.29, 1.82) is 0 Å². The summed E-state index contributed by atoms with van der Waals surface area (Å²) in [6.07, 6.45) is 4.54. The summed E-state index contributed by atoms with van der Waals surface area (Å²) in [6.45, 7) is -1.99. The predicted molar refractivity (Wildman–Crippen MR) is 268 cm³/mol. The summed E-state index contributed by atoms with van der Waals surface area (Å²) in [5, 5.41) is 7.50. The van der Waals surface area contributed by atoms with Crippen molar-refractivity contribution in [1.82, 2.24) is 73.8 Å². The average Bonchev–Trinajstić information content (AvgIpc) is 3.34. The monoisotopic (exact) mass is 1080 g/mol. The lowest BCUT2D eigenvalue weighted by Crippen LogP contribution is -2.50. The molecular weight excluding hydrogens is 1020 g/mol. The zero-order chi connectivity index (χ0) is 57.3. The molecule has 0 aromatic carbocycles. The molecule has 0 aliphatic rings. The van der Waals surface area contributed by atoms with Gasteiger partial charge in [-0.2, -0.15) is 0 Å². The molecule has 0 saturated carbocycles. The summed E-state index contributed by atoms with van der Waals surface area (Å²) in [7, 11) is 0. The summed E-state index contributed by atoms with van der Waals surface area (Å²) in [6, 6.07) is 0. The Morgan fingerprint density at radius 2 is 0.649 bits per heavy atom. The molecule has 0 fully saturated rings. The van der Waals surface area contributed by atoms with Gasteiger partial charge in [0.15, 0.2) is 0 Å². The van der Waals surface area contributed by atoms with Gasteiger partial charge in [0, 0.05) is 99.4 Å². The second kappa shape index (κ2) is 27.7. The highest BCUT2D eigenvalue weighted by molar-refractivity contribution is 5.87. The molecule has 0 bridgehead atoms. The van der Waals surface area contributed by atoms with Gasteiger partial charge in [-0.15, -0.1) is 0 Å². The van der Waals surface area contributed by atoms with Gasteiger partial charge in [-0.25, -0.2) is 19.2 Å². The van der Waals surface area contributed by atoms with E-state index in [2.05, 4.69) is 30.9 Å². The number of aromatic amines is 4. The second-order valence-corrected chi connectivity index (χ2v) is 17.4. The Labute approximate surface area is 432 Å². The third-order valence-corrected chi connectivity index (χ3v) is 11.2. The largest absolute Gasteiger partial charge is 0.368 e. The molecule has 0 atom stereocenters. The first-order valence-corrected chi connectivity index (χ1v) is 23.4. The predicted octanol–water partition coefficient (Wildman–Crippen LogP) is -9.47. The van der Waals surface area contributed by atoms with Crippen LogP contribution in [0.25, 0.3) is 0 Å². The summed E-state index contributed by atoms with van der Waals surface area (Å²) < 4.78 is 3.59. The minimum absolute atomic E-state index is 0.0702. The molecule has 0 unspecified atom stereocenters. The van der Waals surface area contributed by atoms with Crippen LogP contribution in [-0.2, 0) is 64.5 Å². The highest BCUT2D eigenvalue weighted by Crippen LogP contribution is 2.00. The zero-order valence-electron chi connectivity index (χ0n) is 42.4. The van der Waals surface area contributed by atoms with Gasteiger partial charge in [-0.05, 0) is 27.7 Å². The Bertz CT molecular complexity index is 3400. The topological polar surface area (TPSA) is 457 Å². The summed E-state index contributed by atoms with van der Waals surface area (Å²) in [5.74, 6) is -6.59. The van der Waals surface area contributed by atoms with Crippen LogP contribution < -0.4 is 72.4 Å². The van der Waals surface area contributed by atoms with E-state index in [1.54, 1.807) is 0 Å². The van der Waals surface area contributed by atoms with Crippen LogP contribution in [0, 0.1) is 27.7 Å². The quantitative estimate of drug-likeness (QED) is 0.0268. The average molecular weight is 1080 g/mol. The fourth-order valence-corrected chi connectivity index (χ4v) is 7.12. The number of primary amides is 1. The van der Waals surface area contributed by atoms with Crippen molar-refractivity contribution >= 4 is 47.3 Å². The van der Waals surface area contributed by atoms with Crippen LogP contribution in [0.2, 0.25) is 0 Å². The standard InChI is InChI=1S/C44H59N17O16/c1-25-13-58(41(74)50-37(25)70)21-33(66)54(9-5-45)18-30(63)48-7-11-56(35(68)23-60-15-27(3)39(72)52-43(60)76)20-32(65)49-8-12-57(36(69)24-61-16-28(4)40(73)53-44(61)77)19-31(64)47-6-10-55(17-29(46)62)34(67)22-59-14-26(2)38(71)51-42(59)75/h13-16H,5-12,17-24,45H2,1-4H3,(H2,46,62)(H,47,64)(H,48,63)(H,49,65)(H,50,70,74)(H,51,71,75)(H,52,72,76)(H,53,73,77). The van der Waals surface area contributed by atoms with E-state index >= 15 is 0 Å². The minimum Gasteiger partial charge on any atom is -0.368 e. The summed E-state index contributed by atoms with van der Waals surface area (Å²) in [5.41, 5.74) is 5.00. The molecule has 0 saturated heterocycles. The number of nitrogens with zero attached hydrogens (tertiary/aromatic N) is 8. The van der Waals surface area contributed by atoms with Crippen molar-refractivity contribution in [2.75, 3.05) is 78.5 Å². The lowest BCUT2D eigenvalue weighted by Gasteiger charge is -2.25. The number of hydrogen-bond acceptors (Lipinski definition) is 17. The van der Waals surface area contributed by atoms with Crippen LogP contribution in [0.4, 0.5) is 0 Å². The number of carbonyl (C=O) groups excluding carboxylic acids is 8. The molecule has 0 aliphatic carbocycles. The van der Waals surface area contributed by atoms with Gasteiger partial charge >= 0.3 is 22.8 Å². The Balaban J connectivity index is 1.46. The first kappa shape index (κ1) is 60.0. The van der Waals surface area contributed by atoms with Gasteiger partial charge in [0.1, 0.15) is 26.2 Å². The molecule has 416 valence electrons. The van der Waals surface area contributed by atoms with E-state index in [9.17, 15) is 76.7 Å². The smallest absolute Gasteiger partial charge is 0.328 e. The number of carbonyl (C=O) groups is 8. The van der Waals surface area contributed by atoms with E-state index in [-0.39, 0.29) is 61.5 Å². The Hall–Kier alpha value is -9.56. The van der Waals surface area contributed by atoms with Gasteiger partial charge in [0.2, 0.25) is 47.3 Å². The maximum absolute atomic E-state index is 13.7. The Kier molecular flexibility index (Phi) is 21.5. The number of aromatic nitrogens is 8. The first-order chi connectivity index (χ1) is 36.3. The van der Waals surface area contributed by atoms with Crippen molar-refractivity contribution < 1.29 is 38.4 Å². The number of nitrogens with two attached hydrogens (primary N) is 2. The molecule has 8 amide bonds. The van der Waals surface area contributed by atoms with Crippen LogP contribution in [0.5, 0.6) is 0 Å². The number of hydrogen-bond donors (Lipinski definition) is 9. The molecule has 0 aliphatic heterocycles. The van der Waals surface area contributed by atoms with E-state index in [0.29, 0.717) is 0 Å². The van der Waals surface area contributed by atoms with Crippen LogP contribution in [-0.4, -0.2) is 184 Å². The minimum atomic E-state index is -0.956. The molecule has 33 heteroatoms. The lowest BCUT2D eigenvalue weighted by molar-refractivity contribution is -0.138. The van der Waals surface area contributed by atoms with E-state index in [0.717, 1.165) is 56.5 Å². The molecule has 11 N–H and O–H groups in total. The van der Waals surface area contributed by atoms with E-state index in [1.807, 2.05) is 4.98 Å². The van der Waals surface area contributed by atoms with Crippen LogP contribution in [0.3, 0.4) is 0 Å². The molecular formula is C44H59N17O16. The molecule has 0 spiro atoms. The number of H-pyrrole nitrogens is 4. The van der Waals surface area contributed by atoms with Gasteiger partial charge in [-0.1, -0.05) is 0 Å². The van der Waals surface area contributed by atoms with Crippen molar-refractivity contribution in [2.45, 2.75) is 53.9 Å². The maximum Gasteiger partial charge on any atom is 0.328 e. The van der Waals surface area contributed by atoms with Gasteiger partial charge in [0.05, 0.1) is 26.2 Å². The van der Waals surface area contributed by atoms with E-state index < -0.39 is 158 Å². The normalized spacial score (nSPS) is 10.8. The zero-order valence-corrected chi connectivity index (χ0v) is 42.4. The molecule has 4 aromatic heterocycles. The molecule has 4 aromatic rings. The Morgan fingerprint density at radius 3 is 0.883 bits per heavy atom. The van der Waals surface area contributed by atoms with Crippen molar-refractivity contribution in [3.63, 3.8) is 0 Å². The van der Waals surface area contributed by atoms with Gasteiger partial charge < -0.3 is 47.0 Å². The number of amides is 8. The lowest BCUT2D eigenvalue weighted by atomic mass is 10.3. The van der Waals surface area contributed by atoms with Crippen LogP contribution in [0.15, 0.2) is 63.1 Å². The van der Waals surface area contributed by atoms with Crippen molar-refractivity contribution in [3.8, 4) is 0 Å². The van der Waals surface area contributed by atoms with Crippen molar-refractivity contribution in [2.24, 2.45) is 11.5 Å². The fraction of sp³-hybridized carbons (Fsp3) is 0.455. The highest BCUT2D eigenvalue weighted by Gasteiger charge is 2.24. The molecule has 4 rings (SSSR count). The molecule has 4 heterocycles. The molecule has 33 nitrogen and oxygen atoms in total. The fourth-order valence-electron chi connectivity index (χ4n) is 7.12. The number of aryl methyl sites for hydroxylation is 4. The van der Waals surface area contributed by atoms with Crippen LogP contribution in [0.1, 0.15) is 22.3 Å². The van der Waals surface area contributed by atoms with Gasteiger partial charge in [-0.3, -0.25) is 95.7 Å². The Morgan fingerprint density at radius 1 is 0.416 bits per heavy atom. The SMILES string of the molecule is Cc1cn(CC(=O)N(CCNC(=O)CN(CCNC(=O)CN(CCNC(=O)CN(CCN)C(=O)Cn2cc(C)c(=O)[nH]c2=O)C(=O)Cn2cc(C)c(=O)[nH]c2=O)C(=O)Cn2cc(C)c(=O)[nH]c2=O)CC(N)=O)c(=O)[nH]c1=O. The van der Waals surface area contributed by atoms with Crippen molar-refractivity contribution in [3.05, 3.63) is 130 Å². The first-order valence-electron chi connectivity index (χ1n) is 23.4. The van der Waals surface area contributed by atoms with E-state index in [4.69, 9.17) is 11.5 Å². The molecule has 77 heavy (non-hydrogen) atoms. The third-order valence-electron chi connectivity index (χ3n) is 11.2. The van der Waals surface area contributed by atoms with E-state index in [1.165, 1.54) is 33.9 Å². The summed E-state index contributed by atoms with van der Waals surface area (Å²) in [4.78, 5) is 215. The summed E-state index contributed by atoms with van der Waals surface area (Å²) >= 11 is 0. The third kappa shape index (κ3) is 18.1. The van der Waals surface area contributed by atoms with Crippen LogP contribution >= 0.6 is 0 Å². The number of nitrogens with one attached hydrogen (secondary N) is 7.